The number of hydrogen-bond acceptors (Lipinski definition) is 4. The summed E-state index contributed by atoms with van der Waals surface area (Å²) in [6.07, 6.45) is 2.35. The number of benzene rings is 2. The van der Waals surface area contributed by atoms with E-state index in [1.54, 1.807) is 12.1 Å². The highest BCUT2D eigenvalue weighted by molar-refractivity contribution is 5.85. The molecule has 3 N–H and O–H groups in total. The van der Waals surface area contributed by atoms with Crippen molar-refractivity contribution in [1.82, 2.24) is 5.32 Å². The first-order chi connectivity index (χ1) is 12.2. The zero-order chi connectivity index (χ0) is 17.5. The SMILES string of the molecule is Cl.NC(CNC(=O)COc1ccc(OCc2ccccc2)cc1)C1CC1. The maximum atomic E-state index is 11.8. The van der Waals surface area contributed by atoms with Gasteiger partial charge in [0.2, 0.25) is 0 Å². The Bertz CT molecular complexity index is 675. The van der Waals surface area contributed by atoms with Crippen molar-refractivity contribution in [3.05, 3.63) is 60.2 Å². The van der Waals surface area contributed by atoms with Crippen LogP contribution in [0.25, 0.3) is 0 Å². The number of halogens is 1. The van der Waals surface area contributed by atoms with Crippen LogP contribution in [-0.2, 0) is 11.4 Å². The van der Waals surface area contributed by atoms with Gasteiger partial charge in [-0.3, -0.25) is 4.79 Å². The van der Waals surface area contributed by atoms with Gasteiger partial charge in [-0.2, -0.15) is 0 Å². The lowest BCUT2D eigenvalue weighted by Crippen LogP contribution is -2.40. The molecule has 1 atom stereocenters. The van der Waals surface area contributed by atoms with Crippen LogP contribution >= 0.6 is 12.4 Å². The normalized spacial score (nSPS) is 14.0. The predicted molar refractivity (Wildman–Crippen MR) is 104 cm³/mol. The van der Waals surface area contributed by atoms with Crippen LogP contribution in [0.3, 0.4) is 0 Å². The van der Waals surface area contributed by atoms with E-state index in [4.69, 9.17) is 15.2 Å². The Labute approximate surface area is 160 Å². The van der Waals surface area contributed by atoms with Gasteiger partial charge in [0.25, 0.3) is 5.91 Å². The van der Waals surface area contributed by atoms with E-state index >= 15 is 0 Å². The van der Waals surface area contributed by atoms with Gasteiger partial charge in [0.15, 0.2) is 6.61 Å². The number of nitrogens with one attached hydrogen (secondary N) is 1. The molecule has 6 heteroatoms. The fraction of sp³-hybridized carbons (Fsp3) is 0.350. The lowest BCUT2D eigenvalue weighted by Gasteiger charge is -2.12. The molecule has 0 spiro atoms. The van der Waals surface area contributed by atoms with Gasteiger partial charge in [-0.05, 0) is 48.6 Å². The summed E-state index contributed by atoms with van der Waals surface area (Å²) in [6, 6.07) is 17.3. The molecule has 1 amide bonds. The largest absolute Gasteiger partial charge is 0.489 e. The zero-order valence-corrected chi connectivity index (χ0v) is 15.4. The molecule has 5 nitrogen and oxygen atoms in total. The van der Waals surface area contributed by atoms with E-state index in [-0.39, 0.29) is 31.0 Å². The van der Waals surface area contributed by atoms with Crippen LogP contribution in [0.1, 0.15) is 18.4 Å². The minimum Gasteiger partial charge on any atom is -0.489 e. The first-order valence-electron chi connectivity index (χ1n) is 8.62. The maximum Gasteiger partial charge on any atom is 0.257 e. The molecular formula is C20H25ClN2O3. The number of carbonyl (C=O) groups is 1. The van der Waals surface area contributed by atoms with Crippen LogP contribution in [0.2, 0.25) is 0 Å². The Balaban J connectivity index is 0.00000243. The van der Waals surface area contributed by atoms with E-state index in [2.05, 4.69) is 5.32 Å². The van der Waals surface area contributed by atoms with Gasteiger partial charge in [-0.1, -0.05) is 30.3 Å². The third kappa shape index (κ3) is 6.58. The average molecular weight is 377 g/mol. The quantitative estimate of drug-likeness (QED) is 0.705. The van der Waals surface area contributed by atoms with Crippen LogP contribution in [0.4, 0.5) is 0 Å². The number of hydrogen-bond donors (Lipinski definition) is 2. The molecule has 2 aromatic carbocycles. The highest BCUT2D eigenvalue weighted by atomic mass is 35.5. The standard InChI is InChI=1S/C20H24N2O3.ClH/c21-19(16-6-7-16)12-22-20(23)14-25-18-10-8-17(9-11-18)24-13-15-4-2-1-3-5-15;/h1-5,8-11,16,19H,6-7,12-14,21H2,(H,22,23);1H. The molecule has 0 radical (unpaired) electrons. The lowest BCUT2D eigenvalue weighted by atomic mass is 10.2. The summed E-state index contributed by atoms with van der Waals surface area (Å²) in [6.45, 7) is 1.02. The van der Waals surface area contributed by atoms with Crippen molar-refractivity contribution in [3.8, 4) is 11.5 Å². The molecule has 1 aliphatic rings. The molecule has 2 aromatic rings. The van der Waals surface area contributed by atoms with Crippen LogP contribution < -0.4 is 20.5 Å². The minimum absolute atomic E-state index is 0. The van der Waals surface area contributed by atoms with Crippen molar-refractivity contribution < 1.29 is 14.3 Å². The van der Waals surface area contributed by atoms with Gasteiger partial charge in [0.05, 0.1) is 0 Å². The monoisotopic (exact) mass is 376 g/mol. The van der Waals surface area contributed by atoms with E-state index in [0.29, 0.717) is 24.8 Å². The molecule has 1 unspecified atom stereocenters. The third-order valence-electron chi connectivity index (χ3n) is 4.20. The molecule has 26 heavy (non-hydrogen) atoms. The Morgan fingerprint density at radius 3 is 2.27 bits per heavy atom. The molecule has 140 valence electrons. The third-order valence-corrected chi connectivity index (χ3v) is 4.20. The van der Waals surface area contributed by atoms with E-state index in [9.17, 15) is 4.79 Å². The van der Waals surface area contributed by atoms with Gasteiger partial charge in [-0.25, -0.2) is 0 Å². The molecule has 1 aliphatic carbocycles. The minimum atomic E-state index is -0.152. The first-order valence-corrected chi connectivity index (χ1v) is 8.62. The summed E-state index contributed by atoms with van der Waals surface area (Å²) in [4.78, 5) is 11.8. The predicted octanol–water partition coefficient (Wildman–Crippen LogP) is 2.92. The Morgan fingerprint density at radius 2 is 1.65 bits per heavy atom. The topological polar surface area (TPSA) is 73.6 Å². The fourth-order valence-electron chi connectivity index (χ4n) is 2.50. The van der Waals surface area contributed by atoms with E-state index < -0.39 is 0 Å². The number of ether oxygens (including phenoxy) is 2. The highest BCUT2D eigenvalue weighted by Gasteiger charge is 2.28. The second-order valence-corrected chi connectivity index (χ2v) is 6.34. The molecule has 0 aromatic heterocycles. The molecule has 0 heterocycles. The second-order valence-electron chi connectivity index (χ2n) is 6.34. The first kappa shape index (κ1) is 20.1. The molecule has 3 rings (SSSR count). The molecule has 0 saturated heterocycles. The Kier molecular flexibility index (Phi) is 7.75. The molecule has 0 aliphatic heterocycles. The fourth-order valence-corrected chi connectivity index (χ4v) is 2.50. The van der Waals surface area contributed by atoms with Crippen molar-refractivity contribution in [1.29, 1.82) is 0 Å². The van der Waals surface area contributed by atoms with Gasteiger partial charge in [0, 0.05) is 12.6 Å². The average Bonchev–Trinajstić information content (AvgIpc) is 3.50. The van der Waals surface area contributed by atoms with Gasteiger partial charge >= 0.3 is 0 Å². The van der Waals surface area contributed by atoms with E-state index in [1.807, 2.05) is 42.5 Å². The van der Waals surface area contributed by atoms with E-state index in [1.165, 1.54) is 12.8 Å². The molecule has 1 saturated carbocycles. The molecule has 1 fully saturated rings. The van der Waals surface area contributed by atoms with Crippen LogP contribution in [-0.4, -0.2) is 25.1 Å². The number of rotatable bonds is 9. The van der Waals surface area contributed by atoms with Crippen molar-refractivity contribution >= 4 is 18.3 Å². The number of nitrogens with two attached hydrogens (primary N) is 1. The maximum absolute atomic E-state index is 11.8. The zero-order valence-electron chi connectivity index (χ0n) is 14.6. The molecular weight excluding hydrogens is 352 g/mol. The number of amides is 1. The van der Waals surface area contributed by atoms with Crippen LogP contribution in [0, 0.1) is 5.92 Å². The van der Waals surface area contributed by atoms with Gasteiger partial charge in [-0.15, -0.1) is 12.4 Å². The Hall–Kier alpha value is -2.24. The van der Waals surface area contributed by atoms with Crippen molar-refractivity contribution in [2.45, 2.75) is 25.5 Å². The molecule has 0 bridgehead atoms. The van der Waals surface area contributed by atoms with E-state index in [0.717, 1.165) is 11.3 Å². The van der Waals surface area contributed by atoms with Crippen molar-refractivity contribution in [2.75, 3.05) is 13.2 Å². The lowest BCUT2D eigenvalue weighted by molar-refractivity contribution is -0.123. The number of carbonyl (C=O) groups excluding carboxylic acids is 1. The Morgan fingerprint density at radius 1 is 1.04 bits per heavy atom. The van der Waals surface area contributed by atoms with Crippen molar-refractivity contribution in [2.24, 2.45) is 11.7 Å². The highest BCUT2D eigenvalue weighted by Crippen LogP contribution is 2.31. The van der Waals surface area contributed by atoms with Gasteiger partial charge in [0.1, 0.15) is 18.1 Å². The summed E-state index contributed by atoms with van der Waals surface area (Å²) in [7, 11) is 0. The van der Waals surface area contributed by atoms with Gasteiger partial charge < -0.3 is 20.5 Å². The summed E-state index contributed by atoms with van der Waals surface area (Å²) in [5, 5.41) is 2.81. The summed E-state index contributed by atoms with van der Waals surface area (Å²) in [5.41, 5.74) is 7.07. The second kappa shape index (κ2) is 10.0. The van der Waals surface area contributed by atoms with Crippen molar-refractivity contribution in [3.63, 3.8) is 0 Å². The van der Waals surface area contributed by atoms with Crippen LogP contribution in [0.15, 0.2) is 54.6 Å². The smallest absolute Gasteiger partial charge is 0.257 e. The van der Waals surface area contributed by atoms with Crippen LogP contribution in [0.5, 0.6) is 11.5 Å². The summed E-state index contributed by atoms with van der Waals surface area (Å²) >= 11 is 0. The summed E-state index contributed by atoms with van der Waals surface area (Å²) in [5.74, 6) is 1.81. The summed E-state index contributed by atoms with van der Waals surface area (Å²) < 4.78 is 11.2.